The second-order valence-electron chi connectivity index (χ2n) is 5.38. The van der Waals surface area contributed by atoms with E-state index in [2.05, 4.69) is 4.72 Å². The van der Waals surface area contributed by atoms with Crippen molar-refractivity contribution in [1.29, 1.82) is 0 Å². The molecule has 0 spiro atoms. The summed E-state index contributed by atoms with van der Waals surface area (Å²) in [5.41, 5.74) is 1.67. The molecule has 0 heterocycles. The van der Waals surface area contributed by atoms with Crippen LogP contribution in [-0.2, 0) is 23.1 Å². The third-order valence-corrected chi connectivity index (χ3v) is 6.76. The molecular weight excluding hydrogens is 306 g/mol. The van der Waals surface area contributed by atoms with E-state index < -0.39 is 10.0 Å². The van der Waals surface area contributed by atoms with Gasteiger partial charge in [0.1, 0.15) is 0 Å². The standard InChI is InChI=1S/C15H23NO3S2/c1-3-11-7-8-13(9-12(11)10-17)21(18,19)16-14-5-4-6-15(14)20-2/h7-9,14-17H,3-6,10H2,1-2H3. The van der Waals surface area contributed by atoms with E-state index in [1.807, 2.05) is 13.2 Å². The topological polar surface area (TPSA) is 66.4 Å². The minimum Gasteiger partial charge on any atom is -0.392 e. The second-order valence-corrected chi connectivity index (χ2v) is 8.17. The Morgan fingerprint density at radius 1 is 1.33 bits per heavy atom. The third kappa shape index (κ3) is 3.80. The summed E-state index contributed by atoms with van der Waals surface area (Å²) in [6.45, 7) is 1.85. The van der Waals surface area contributed by atoms with Crippen molar-refractivity contribution in [3.05, 3.63) is 29.3 Å². The lowest BCUT2D eigenvalue weighted by molar-refractivity contribution is 0.280. The molecule has 1 fully saturated rings. The van der Waals surface area contributed by atoms with Gasteiger partial charge in [-0.2, -0.15) is 11.8 Å². The molecule has 1 aromatic carbocycles. The Kier molecular flexibility index (Phi) is 5.71. The SMILES string of the molecule is CCc1ccc(S(=O)(=O)NC2CCCC2SC)cc1CO. The van der Waals surface area contributed by atoms with Crippen molar-refractivity contribution < 1.29 is 13.5 Å². The molecule has 0 amide bonds. The van der Waals surface area contributed by atoms with Crippen molar-refractivity contribution in [3.8, 4) is 0 Å². The van der Waals surface area contributed by atoms with Gasteiger partial charge in [-0.1, -0.05) is 19.4 Å². The maximum Gasteiger partial charge on any atom is 0.240 e. The van der Waals surface area contributed by atoms with Crippen molar-refractivity contribution in [1.82, 2.24) is 4.72 Å². The van der Waals surface area contributed by atoms with Gasteiger partial charge >= 0.3 is 0 Å². The van der Waals surface area contributed by atoms with Crippen LogP contribution in [0.3, 0.4) is 0 Å². The van der Waals surface area contributed by atoms with Gasteiger partial charge in [-0.25, -0.2) is 13.1 Å². The summed E-state index contributed by atoms with van der Waals surface area (Å²) in [6, 6.07) is 5.02. The Morgan fingerprint density at radius 2 is 2.10 bits per heavy atom. The molecule has 1 aliphatic carbocycles. The first-order chi connectivity index (χ1) is 10.0. The predicted octanol–water partition coefficient (Wildman–Crippen LogP) is 2.30. The van der Waals surface area contributed by atoms with Crippen molar-refractivity contribution >= 4 is 21.8 Å². The quantitative estimate of drug-likeness (QED) is 0.840. The lowest BCUT2D eigenvalue weighted by Crippen LogP contribution is -2.38. The molecule has 0 aromatic heterocycles. The first kappa shape index (κ1) is 16.8. The maximum atomic E-state index is 12.5. The smallest absolute Gasteiger partial charge is 0.240 e. The average molecular weight is 329 g/mol. The van der Waals surface area contributed by atoms with Crippen LogP contribution in [0.15, 0.2) is 23.1 Å². The summed E-state index contributed by atoms with van der Waals surface area (Å²) in [5, 5.41) is 9.74. The second kappa shape index (κ2) is 7.13. The van der Waals surface area contributed by atoms with Gasteiger partial charge in [0.05, 0.1) is 11.5 Å². The molecule has 2 N–H and O–H groups in total. The number of rotatable bonds is 6. The summed E-state index contributed by atoms with van der Waals surface area (Å²) in [5.74, 6) is 0. The molecule has 1 aliphatic rings. The summed E-state index contributed by atoms with van der Waals surface area (Å²) in [6.07, 6.45) is 5.82. The molecule has 2 atom stereocenters. The van der Waals surface area contributed by atoms with E-state index in [1.165, 1.54) is 0 Å². The number of sulfonamides is 1. The highest BCUT2D eigenvalue weighted by Gasteiger charge is 2.30. The molecule has 0 aliphatic heterocycles. The monoisotopic (exact) mass is 329 g/mol. The lowest BCUT2D eigenvalue weighted by Gasteiger charge is -2.19. The largest absolute Gasteiger partial charge is 0.392 e. The zero-order valence-corrected chi connectivity index (χ0v) is 14.1. The van der Waals surface area contributed by atoms with Gasteiger partial charge in [0.15, 0.2) is 0 Å². The molecule has 118 valence electrons. The van der Waals surface area contributed by atoms with Crippen molar-refractivity contribution in [3.63, 3.8) is 0 Å². The number of thioether (sulfide) groups is 1. The van der Waals surface area contributed by atoms with Crippen LogP contribution in [0.4, 0.5) is 0 Å². The number of aliphatic hydroxyl groups excluding tert-OH is 1. The van der Waals surface area contributed by atoms with Crippen LogP contribution < -0.4 is 4.72 Å². The Hall–Kier alpha value is -0.560. The summed E-state index contributed by atoms with van der Waals surface area (Å²) in [4.78, 5) is 0.246. The molecule has 1 aromatic rings. The van der Waals surface area contributed by atoms with Crippen LogP contribution in [0.25, 0.3) is 0 Å². The van der Waals surface area contributed by atoms with Gasteiger partial charge < -0.3 is 5.11 Å². The van der Waals surface area contributed by atoms with Gasteiger partial charge in [0.2, 0.25) is 10.0 Å². The molecular formula is C15H23NO3S2. The number of aryl methyl sites for hydroxylation is 1. The van der Waals surface area contributed by atoms with Crippen molar-refractivity contribution in [2.75, 3.05) is 6.26 Å². The number of aliphatic hydroxyl groups is 1. The van der Waals surface area contributed by atoms with Gasteiger partial charge in [0.25, 0.3) is 0 Å². The van der Waals surface area contributed by atoms with Gasteiger partial charge in [0, 0.05) is 11.3 Å². The van der Waals surface area contributed by atoms with Crippen LogP contribution in [0, 0.1) is 0 Å². The molecule has 2 rings (SSSR count). The first-order valence-corrected chi connectivity index (χ1v) is 10.1. The molecule has 1 saturated carbocycles. The molecule has 6 heteroatoms. The molecule has 2 unspecified atom stereocenters. The molecule has 0 radical (unpaired) electrons. The van der Waals surface area contributed by atoms with E-state index in [0.29, 0.717) is 10.8 Å². The Balaban J connectivity index is 2.23. The van der Waals surface area contributed by atoms with Crippen molar-refractivity contribution in [2.45, 2.75) is 55.4 Å². The Bertz CT molecular complexity index is 587. The van der Waals surface area contributed by atoms with Crippen LogP contribution in [0.1, 0.15) is 37.3 Å². The van der Waals surface area contributed by atoms with Crippen LogP contribution in [0.2, 0.25) is 0 Å². The Morgan fingerprint density at radius 3 is 2.71 bits per heavy atom. The van der Waals surface area contributed by atoms with Crippen LogP contribution in [-0.4, -0.2) is 31.1 Å². The number of hydrogen-bond donors (Lipinski definition) is 2. The van der Waals surface area contributed by atoms with Gasteiger partial charge in [-0.05, 0) is 48.8 Å². The third-order valence-electron chi connectivity index (χ3n) is 4.10. The van der Waals surface area contributed by atoms with E-state index in [4.69, 9.17) is 0 Å². The molecule has 0 saturated heterocycles. The van der Waals surface area contributed by atoms with E-state index >= 15 is 0 Å². The molecule has 4 nitrogen and oxygen atoms in total. The van der Waals surface area contributed by atoms with E-state index in [0.717, 1.165) is 31.2 Å². The fraction of sp³-hybridized carbons (Fsp3) is 0.600. The normalized spacial score (nSPS) is 22.6. The van der Waals surface area contributed by atoms with E-state index in [9.17, 15) is 13.5 Å². The van der Waals surface area contributed by atoms with Crippen molar-refractivity contribution in [2.24, 2.45) is 0 Å². The first-order valence-electron chi connectivity index (χ1n) is 7.29. The van der Waals surface area contributed by atoms with Gasteiger partial charge in [-0.15, -0.1) is 0 Å². The fourth-order valence-electron chi connectivity index (χ4n) is 2.87. The fourth-order valence-corrected chi connectivity index (χ4v) is 5.25. The summed E-state index contributed by atoms with van der Waals surface area (Å²) >= 11 is 1.72. The molecule has 21 heavy (non-hydrogen) atoms. The van der Waals surface area contributed by atoms with Crippen LogP contribution in [0.5, 0.6) is 0 Å². The van der Waals surface area contributed by atoms with E-state index in [1.54, 1.807) is 30.0 Å². The Labute approximate surface area is 131 Å². The highest BCUT2D eigenvalue weighted by Crippen LogP contribution is 2.29. The minimum absolute atomic E-state index is 0.00780. The zero-order valence-electron chi connectivity index (χ0n) is 12.5. The lowest BCUT2D eigenvalue weighted by atomic mass is 10.1. The summed E-state index contributed by atoms with van der Waals surface area (Å²) < 4.78 is 27.9. The number of benzene rings is 1. The van der Waals surface area contributed by atoms with Crippen LogP contribution >= 0.6 is 11.8 Å². The highest BCUT2D eigenvalue weighted by molar-refractivity contribution is 7.99. The summed E-state index contributed by atoms with van der Waals surface area (Å²) in [7, 11) is -3.52. The average Bonchev–Trinajstić information content (AvgIpc) is 2.92. The predicted molar refractivity (Wildman–Crippen MR) is 87.0 cm³/mol. The van der Waals surface area contributed by atoms with Gasteiger partial charge in [-0.3, -0.25) is 0 Å². The number of nitrogens with one attached hydrogen (secondary N) is 1. The highest BCUT2D eigenvalue weighted by atomic mass is 32.2. The molecule has 0 bridgehead atoms. The van der Waals surface area contributed by atoms with E-state index in [-0.39, 0.29) is 17.5 Å². The minimum atomic E-state index is -3.52. The maximum absolute atomic E-state index is 12.5. The number of hydrogen-bond acceptors (Lipinski definition) is 4. The zero-order chi connectivity index (χ0) is 15.5.